The first-order chi connectivity index (χ1) is 9.07. The van der Waals surface area contributed by atoms with Crippen LogP contribution >= 0.6 is 0 Å². The zero-order chi connectivity index (χ0) is 15.7. The molecule has 0 aliphatic rings. The van der Waals surface area contributed by atoms with Crippen molar-refractivity contribution in [2.24, 2.45) is 0 Å². The minimum absolute atomic E-state index is 0.136. The van der Waals surface area contributed by atoms with Gasteiger partial charge in [0.2, 0.25) is 15.8 Å². The van der Waals surface area contributed by atoms with Crippen LogP contribution in [0.4, 0.5) is 10.1 Å². The molecule has 0 bridgehead atoms. The molecule has 0 aliphatic carbocycles. The number of aryl methyl sites for hydroxylation is 1. The number of halogens is 1. The van der Waals surface area contributed by atoms with Gasteiger partial charge in [-0.1, -0.05) is 0 Å². The molecular formula is C11H15FN2O5S. The van der Waals surface area contributed by atoms with Gasteiger partial charge in [-0.25, -0.2) is 8.42 Å². The van der Waals surface area contributed by atoms with E-state index < -0.39 is 32.6 Å². The highest BCUT2D eigenvalue weighted by Crippen LogP contribution is 2.26. The Morgan fingerprint density at radius 3 is 2.50 bits per heavy atom. The number of nitro benzene ring substituents is 1. The van der Waals surface area contributed by atoms with Crippen molar-refractivity contribution in [1.82, 2.24) is 4.31 Å². The lowest BCUT2D eigenvalue weighted by Crippen LogP contribution is -2.33. The van der Waals surface area contributed by atoms with Crippen LogP contribution in [-0.2, 0) is 10.0 Å². The fourth-order valence-electron chi connectivity index (χ4n) is 1.65. The number of nitrogens with zero attached hydrogens (tertiary/aromatic N) is 2. The van der Waals surface area contributed by atoms with Crippen LogP contribution in [-0.4, -0.2) is 42.4 Å². The maximum absolute atomic E-state index is 13.5. The van der Waals surface area contributed by atoms with Crippen molar-refractivity contribution in [3.05, 3.63) is 33.6 Å². The SMILES string of the molecule is Cc1cc(S(=O)(=O)N(C)CC(C)O)cc([N+](=O)[O-])c1F. The molecule has 7 nitrogen and oxygen atoms in total. The summed E-state index contributed by atoms with van der Waals surface area (Å²) in [5.41, 5.74) is -1.03. The normalized spacial score (nSPS) is 13.5. The molecule has 1 aromatic carbocycles. The van der Waals surface area contributed by atoms with Crippen LogP contribution in [0, 0.1) is 22.9 Å². The molecule has 0 saturated heterocycles. The highest BCUT2D eigenvalue weighted by molar-refractivity contribution is 7.89. The molecule has 20 heavy (non-hydrogen) atoms. The van der Waals surface area contributed by atoms with E-state index in [0.29, 0.717) is 6.07 Å². The fraction of sp³-hybridized carbons (Fsp3) is 0.455. The molecular weight excluding hydrogens is 291 g/mol. The topological polar surface area (TPSA) is 101 Å². The predicted molar refractivity (Wildman–Crippen MR) is 69.3 cm³/mol. The summed E-state index contributed by atoms with van der Waals surface area (Å²) in [6.07, 6.45) is -0.897. The number of rotatable bonds is 5. The Kier molecular flexibility index (Phi) is 4.79. The Morgan fingerprint density at radius 1 is 1.50 bits per heavy atom. The fourth-order valence-corrected chi connectivity index (χ4v) is 3.01. The van der Waals surface area contributed by atoms with E-state index in [0.717, 1.165) is 10.4 Å². The first-order valence-corrected chi connectivity index (χ1v) is 7.10. The number of benzene rings is 1. The van der Waals surface area contributed by atoms with Crippen LogP contribution in [0.25, 0.3) is 0 Å². The average molecular weight is 306 g/mol. The number of aliphatic hydroxyl groups excluding tert-OH is 1. The minimum atomic E-state index is -4.03. The molecule has 1 unspecified atom stereocenters. The Balaban J connectivity index is 3.36. The summed E-state index contributed by atoms with van der Waals surface area (Å²) in [4.78, 5) is 9.36. The average Bonchev–Trinajstić information content (AvgIpc) is 2.30. The van der Waals surface area contributed by atoms with Gasteiger partial charge in [-0.15, -0.1) is 0 Å². The number of nitro groups is 1. The Bertz CT molecular complexity index is 630. The standard InChI is InChI=1S/C11H15FN2O5S/c1-7-4-9(5-10(11(7)12)14(16)17)20(18,19)13(3)6-8(2)15/h4-5,8,15H,6H2,1-3H3. The quantitative estimate of drug-likeness (QED) is 0.647. The summed E-state index contributed by atoms with van der Waals surface area (Å²) in [6, 6.07) is 1.70. The Labute approximate surface area is 115 Å². The van der Waals surface area contributed by atoms with Crippen LogP contribution in [0.15, 0.2) is 17.0 Å². The van der Waals surface area contributed by atoms with E-state index >= 15 is 0 Å². The second-order valence-electron chi connectivity index (χ2n) is 4.46. The maximum atomic E-state index is 13.5. The second-order valence-corrected chi connectivity index (χ2v) is 6.51. The van der Waals surface area contributed by atoms with Gasteiger partial charge in [-0.2, -0.15) is 8.70 Å². The van der Waals surface area contributed by atoms with E-state index in [1.54, 1.807) is 0 Å². The molecule has 1 rings (SSSR count). The summed E-state index contributed by atoms with van der Waals surface area (Å²) in [5.74, 6) is -1.06. The van der Waals surface area contributed by atoms with E-state index in [9.17, 15) is 28.0 Å². The van der Waals surface area contributed by atoms with Gasteiger partial charge in [0.1, 0.15) is 0 Å². The minimum Gasteiger partial charge on any atom is -0.392 e. The number of likely N-dealkylation sites (N-methyl/N-ethyl adjacent to an activating group) is 1. The van der Waals surface area contributed by atoms with Crippen LogP contribution in [0.1, 0.15) is 12.5 Å². The van der Waals surface area contributed by atoms with Crippen LogP contribution in [0.2, 0.25) is 0 Å². The highest BCUT2D eigenvalue weighted by Gasteiger charge is 2.27. The van der Waals surface area contributed by atoms with Gasteiger partial charge in [-0.05, 0) is 25.5 Å². The van der Waals surface area contributed by atoms with Gasteiger partial charge in [0, 0.05) is 19.7 Å². The summed E-state index contributed by atoms with van der Waals surface area (Å²) in [7, 11) is -2.80. The molecule has 0 spiro atoms. The lowest BCUT2D eigenvalue weighted by atomic mass is 10.2. The van der Waals surface area contributed by atoms with Crippen molar-refractivity contribution in [2.75, 3.05) is 13.6 Å². The molecule has 0 radical (unpaired) electrons. The molecule has 0 fully saturated rings. The third-order valence-corrected chi connectivity index (χ3v) is 4.44. The van der Waals surface area contributed by atoms with E-state index in [1.807, 2.05) is 0 Å². The number of hydrogen-bond donors (Lipinski definition) is 1. The van der Waals surface area contributed by atoms with Gasteiger partial charge in [0.25, 0.3) is 0 Å². The van der Waals surface area contributed by atoms with Gasteiger partial charge in [0.05, 0.1) is 15.9 Å². The molecule has 0 aromatic heterocycles. The molecule has 0 amide bonds. The predicted octanol–water partition coefficient (Wildman–Crippen LogP) is 1.04. The smallest absolute Gasteiger partial charge is 0.306 e. The molecule has 1 aromatic rings. The molecule has 1 N–H and O–H groups in total. The maximum Gasteiger partial charge on any atom is 0.306 e. The zero-order valence-electron chi connectivity index (χ0n) is 11.2. The monoisotopic (exact) mass is 306 g/mol. The lowest BCUT2D eigenvalue weighted by molar-refractivity contribution is -0.387. The van der Waals surface area contributed by atoms with E-state index in [-0.39, 0.29) is 17.0 Å². The number of hydrogen-bond acceptors (Lipinski definition) is 5. The van der Waals surface area contributed by atoms with Crippen LogP contribution < -0.4 is 0 Å². The molecule has 0 heterocycles. The second kappa shape index (κ2) is 5.81. The van der Waals surface area contributed by atoms with Gasteiger partial charge >= 0.3 is 5.69 Å². The largest absolute Gasteiger partial charge is 0.392 e. The molecule has 112 valence electrons. The summed E-state index contributed by atoms with van der Waals surface area (Å²) < 4.78 is 38.7. The summed E-state index contributed by atoms with van der Waals surface area (Å²) in [5, 5.41) is 19.9. The van der Waals surface area contributed by atoms with Crippen molar-refractivity contribution in [2.45, 2.75) is 24.8 Å². The lowest BCUT2D eigenvalue weighted by Gasteiger charge is -2.18. The third-order valence-electron chi connectivity index (χ3n) is 2.64. The summed E-state index contributed by atoms with van der Waals surface area (Å²) in [6.45, 7) is 2.48. The van der Waals surface area contributed by atoms with Crippen molar-refractivity contribution in [3.63, 3.8) is 0 Å². The van der Waals surface area contributed by atoms with Gasteiger partial charge in [0.15, 0.2) is 0 Å². The van der Waals surface area contributed by atoms with Crippen molar-refractivity contribution in [1.29, 1.82) is 0 Å². The first-order valence-electron chi connectivity index (χ1n) is 5.66. The Hall–Kier alpha value is -1.58. The van der Waals surface area contributed by atoms with E-state index in [1.165, 1.54) is 20.9 Å². The molecule has 0 saturated carbocycles. The van der Waals surface area contributed by atoms with E-state index in [4.69, 9.17) is 0 Å². The number of aliphatic hydroxyl groups is 1. The molecule has 9 heteroatoms. The highest BCUT2D eigenvalue weighted by atomic mass is 32.2. The van der Waals surface area contributed by atoms with Gasteiger partial charge < -0.3 is 5.11 Å². The zero-order valence-corrected chi connectivity index (χ0v) is 12.0. The van der Waals surface area contributed by atoms with Crippen molar-refractivity contribution in [3.8, 4) is 0 Å². The van der Waals surface area contributed by atoms with Crippen molar-refractivity contribution >= 4 is 15.7 Å². The Morgan fingerprint density at radius 2 is 2.05 bits per heavy atom. The van der Waals surface area contributed by atoms with Crippen molar-refractivity contribution < 1.29 is 22.8 Å². The molecule has 1 atom stereocenters. The van der Waals surface area contributed by atoms with E-state index in [2.05, 4.69) is 0 Å². The third kappa shape index (κ3) is 3.30. The first kappa shape index (κ1) is 16.5. The van der Waals surface area contributed by atoms with Crippen LogP contribution in [0.3, 0.4) is 0 Å². The van der Waals surface area contributed by atoms with Crippen LogP contribution in [0.5, 0.6) is 0 Å². The van der Waals surface area contributed by atoms with Gasteiger partial charge in [-0.3, -0.25) is 10.1 Å². The number of sulfonamides is 1. The summed E-state index contributed by atoms with van der Waals surface area (Å²) >= 11 is 0. The molecule has 0 aliphatic heterocycles.